The molecule has 2 aromatic heterocycles. The first-order valence-corrected chi connectivity index (χ1v) is 6.30. The Hall–Kier alpha value is -1.91. The highest BCUT2D eigenvalue weighted by Crippen LogP contribution is 2.16. The van der Waals surface area contributed by atoms with E-state index in [1.807, 2.05) is 13.8 Å². The van der Waals surface area contributed by atoms with E-state index in [1.165, 1.54) is 9.36 Å². The van der Waals surface area contributed by atoms with Crippen molar-refractivity contribution in [3.63, 3.8) is 0 Å². The van der Waals surface area contributed by atoms with E-state index in [0.717, 1.165) is 36.2 Å². The van der Waals surface area contributed by atoms with Gasteiger partial charge in [0.05, 0.1) is 11.4 Å². The second kappa shape index (κ2) is 5.16. The summed E-state index contributed by atoms with van der Waals surface area (Å²) in [7, 11) is 0. The third-order valence-corrected chi connectivity index (χ3v) is 3.05. The zero-order valence-corrected chi connectivity index (χ0v) is 11.1. The van der Waals surface area contributed by atoms with Crippen LogP contribution in [0.5, 0.6) is 0 Å². The predicted octanol–water partition coefficient (Wildman–Crippen LogP) is 2.42. The zero-order chi connectivity index (χ0) is 13.1. The second-order valence-corrected chi connectivity index (χ2v) is 4.27. The van der Waals surface area contributed by atoms with Gasteiger partial charge in [0.1, 0.15) is 0 Å². The summed E-state index contributed by atoms with van der Waals surface area (Å²) in [4.78, 5) is 12.3. The third kappa shape index (κ3) is 2.08. The first-order valence-electron chi connectivity index (χ1n) is 6.30. The topological polar surface area (TPSA) is 52.7 Å². The van der Waals surface area contributed by atoms with Crippen LogP contribution < -0.4 is 0 Å². The highest BCUT2D eigenvalue weighted by atomic mass is 16.2. The SMILES string of the molecule is CCCc1nn(C(=O)n2cccn2)c(CC)c1C. The number of hydrogen-bond acceptors (Lipinski definition) is 3. The van der Waals surface area contributed by atoms with Crippen molar-refractivity contribution >= 4 is 6.03 Å². The molecule has 0 fully saturated rings. The van der Waals surface area contributed by atoms with Crippen molar-refractivity contribution < 1.29 is 4.79 Å². The minimum absolute atomic E-state index is 0.220. The minimum Gasteiger partial charge on any atom is -0.244 e. The van der Waals surface area contributed by atoms with Crippen molar-refractivity contribution in [3.05, 3.63) is 35.4 Å². The lowest BCUT2D eigenvalue weighted by atomic mass is 10.1. The highest BCUT2D eigenvalue weighted by Gasteiger charge is 2.18. The summed E-state index contributed by atoms with van der Waals surface area (Å²) in [6.45, 7) is 6.18. The molecule has 0 amide bonds. The van der Waals surface area contributed by atoms with Crippen LogP contribution in [-0.4, -0.2) is 25.6 Å². The minimum atomic E-state index is -0.220. The first kappa shape index (κ1) is 12.5. The van der Waals surface area contributed by atoms with E-state index in [0.29, 0.717) is 0 Å². The number of aromatic nitrogens is 4. The Balaban J connectivity index is 2.44. The van der Waals surface area contributed by atoms with Gasteiger partial charge < -0.3 is 0 Å². The van der Waals surface area contributed by atoms with Crippen LogP contribution in [0.15, 0.2) is 18.5 Å². The number of rotatable bonds is 3. The molecule has 5 heteroatoms. The average molecular weight is 246 g/mol. The largest absolute Gasteiger partial charge is 0.369 e. The smallest absolute Gasteiger partial charge is 0.244 e. The van der Waals surface area contributed by atoms with E-state index in [9.17, 15) is 4.79 Å². The van der Waals surface area contributed by atoms with Crippen LogP contribution in [0, 0.1) is 6.92 Å². The van der Waals surface area contributed by atoms with Crippen LogP contribution >= 0.6 is 0 Å². The normalized spacial score (nSPS) is 10.8. The van der Waals surface area contributed by atoms with Gasteiger partial charge in [0.15, 0.2) is 0 Å². The van der Waals surface area contributed by atoms with Crippen LogP contribution in [0.25, 0.3) is 0 Å². The fraction of sp³-hybridized carbons (Fsp3) is 0.462. The maximum atomic E-state index is 12.3. The molecule has 0 bridgehead atoms. The van der Waals surface area contributed by atoms with Gasteiger partial charge in [-0.15, -0.1) is 0 Å². The summed E-state index contributed by atoms with van der Waals surface area (Å²) in [5, 5.41) is 8.39. The fourth-order valence-electron chi connectivity index (χ4n) is 2.11. The molecule has 2 heterocycles. The lowest BCUT2D eigenvalue weighted by molar-refractivity contribution is 0.237. The molecule has 0 N–H and O–H groups in total. The van der Waals surface area contributed by atoms with Crippen LogP contribution in [0.2, 0.25) is 0 Å². The van der Waals surface area contributed by atoms with Crippen LogP contribution in [0.1, 0.15) is 37.2 Å². The van der Waals surface area contributed by atoms with Gasteiger partial charge in [-0.05, 0) is 31.4 Å². The molecule has 0 radical (unpaired) electrons. The van der Waals surface area contributed by atoms with E-state index < -0.39 is 0 Å². The zero-order valence-electron chi connectivity index (χ0n) is 11.1. The molecule has 96 valence electrons. The van der Waals surface area contributed by atoms with Crippen LogP contribution in [-0.2, 0) is 12.8 Å². The molecule has 18 heavy (non-hydrogen) atoms. The first-order chi connectivity index (χ1) is 8.69. The van der Waals surface area contributed by atoms with Crippen molar-refractivity contribution in [3.8, 4) is 0 Å². The molecular formula is C13H18N4O. The van der Waals surface area contributed by atoms with Crippen molar-refractivity contribution in [1.82, 2.24) is 19.6 Å². The second-order valence-electron chi connectivity index (χ2n) is 4.27. The Labute approximate surface area is 106 Å². The Kier molecular flexibility index (Phi) is 3.60. The molecule has 0 aliphatic carbocycles. The monoisotopic (exact) mass is 246 g/mol. The summed E-state index contributed by atoms with van der Waals surface area (Å²) >= 11 is 0. The average Bonchev–Trinajstić information content (AvgIpc) is 2.98. The summed E-state index contributed by atoms with van der Waals surface area (Å²) in [6.07, 6.45) is 5.94. The summed E-state index contributed by atoms with van der Waals surface area (Å²) in [5.41, 5.74) is 3.11. The number of nitrogens with zero attached hydrogens (tertiary/aromatic N) is 4. The molecule has 2 aromatic rings. The van der Waals surface area contributed by atoms with Crippen LogP contribution in [0.4, 0.5) is 4.79 Å². The molecule has 0 aromatic carbocycles. The maximum absolute atomic E-state index is 12.3. The molecule has 0 spiro atoms. The van der Waals surface area contributed by atoms with Gasteiger partial charge in [-0.25, -0.2) is 4.79 Å². The van der Waals surface area contributed by atoms with Gasteiger partial charge >= 0.3 is 6.03 Å². The van der Waals surface area contributed by atoms with E-state index in [2.05, 4.69) is 17.1 Å². The van der Waals surface area contributed by atoms with E-state index in [4.69, 9.17) is 0 Å². The number of carbonyl (C=O) groups excluding carboxylic acids is 1. The van der Waals surface area contributed by atoms with Crippen molar-refractivity contribution in [2.75, 3.05) is 0 Å². The molecule has 5 nitrogen and oxygen atoms in total. The van der Waals surface area contributed by atoms with E-state index in [1.54, 1.807) is 18.5 Å². The Morgan fingerprint density at radius 2 is 2.17 bits per heavy atom. The molecule has 0 unspecified atom stereocenters. The lowest BCUT2D eigenvalue weighted by Crippen LogP contribution is -2.23. The van der Waals surface area contributed by atoms with Gasteiger partial charge in [-0.2, -0.15) is 19.6 Å². The quantitative estimate of drug-likeness (QED) is 0.835. The maximum Gasteiger partial charge on any atom is 0.369 e. The Morgan fingerprint density at radius 3 is 2.72 bits per heavy atom. The molecule has 0 aliphatic heterocycles. The summed E-state index contributed by atoms with van der Waals surface area (Å²) < 4.78 is 2.79. The van der Waals surface area contributed by atoms with E-state index in [-0.39, 0.29) is 6.03 Å². The summed E-state index contributed by atoms with van der Waals surface area (Å²) in [5.74, 6) is 0. The molecule has 2 rings (SSSR count). The molecule has 0 aliphatic rings. The van der Waals surface area contributed by atoms with Gasteiger partial charge in [-0.3, -0.25) is 0 Å². The number of carbonyl (C=O) groups is 1. The summed E-state index contributed by atoms with van der Waals surface area (Å²) in [6, 6.07) is 1.51. The third-order valence-electron chi connectivity index (χ3n) is 3.05. The van der Waals surface area contributed by atoms with Gasteiger partial charge in [-0.1, -0.05) is 20.3 Å². The van der Waals surface area contributed by atoms with Gasteiger partial charge in [0, 0.05) is 12.4 Å². The predicted molar refractivity (Wildman–Crippen MR) is 68.8 cm³/mol. The Morgan fingerprint density at radius 1 is 1.39 bits per heavy atom. The lowest BCUT2D eigenvalue weighted by Gasteiger charge is -2.04. The van der Waals surface area contributed by atoms with Crippen molar-refractivity contribution in [2.24, 2.45) is 0 Å². The Bertz CT molecular complexity index is 540. The molecular weight excluding hydrogens is 228 g/mol. The standard InChI is InChI=1S/C13H18N4O/c1-4-7-11-10(3)12(5-2)17(15-11)13(18)16-9-6-8-14-16/h6,8-9H,4-5,7H2,1-3H3. The van der Waals surface area contributed by atoms with Crippen LogP contribution in [0.3, 0.4) is 0 Å². The molecule has 0 saturated heterocycles. The molecule has 0 atom stereocenters. The highest BCUT2D eigenvalue weighted by molar-refractivity contribution is 5.78. The van der Waals surface area contributed by atoms with E-state index >= 15 is 0 Å². The number of hydrogen-bond donors (Lipinski definition) is 0. The fourth-order valence-corrected chi connectivity index (χ4v) is 2.11. The number of aryl methyl sites for hydroxylation is 1. The molecule has 0 saturated carbocycles. The van der Waals surface area contributed by atoms with Crippen molar-refractivity contribution in [2.45, 2.75) is 40.0 Å². The van der Waals surface area contributed by atoms with Gasteiger partial charge in [0.25, 0.3) is 0 Å². The van der Waals surface area contributed by atoms with Crippen molar-refractivity contribution in [1.29, 1.82) is 0 Å². The van der Waals surface area contributed by atoms with Gasteiger partial charge in [0.2, 0.25) is 0 Å².